The lowest BCUT2D eigenvalue weighted by atomic mass is 9.76. The highest BCUT2D eigenvalue weighted by molar-refractivity contribution is 7.86. The van der Waals surface area contributed by atoms with Gasteiger partial charge in [-0.05, 0) is 87.9 Å². The quantitative estimate of drug-likeness (QED) is 0.0410. The van der Waals surface area contributed by atoms with E-state index >= 15 is 0 Å². The van der Waals surface area contributed by atoms with Crippen molar-refractivity contribution in [3.05, 3.63) is 83.6 Å². The highest BCUT2D eigenvalue weighted by Gasteiger charge is 2.48. The van der Waals surface area contributed by atoms with Gasteiger partial charge < -0.3 is 24.8 Å². The van der Waals surface area contributed by atoms with Crippen LogP contribution in [0.5, 0.6) is 0 Å². The number of aliphatic carboxylic acids is 1. The molecule has 5 N–H and O–H groups in total. The molecule has 0 fully saturated rings. The zero-order valence-corrected chi connectivity index (χ0v) is 37.2. The third-order valence-corrected chi connectivity index (χ3v) is 13.6. The predicted molar refractivity (Wildman–Crippen MR) is 228 cm³/mol. The number of unbranched alkanes of at least 4 members (excludes halogenated alkanes) is 2. The molecule has 2 aromatic rings. The maximum atomic E-state index is 13.0. The molecule has 336 valence electrons. The molecule has 2 unspecified atom stereocenters. The lowest BCUT2D eigenvalue weighted by Gasteiger charge is -2.30. The first-order chi connectivity index (χ1) is 28.6. The summed E-state index contributed by atoms with van der Waals surface area (Å²) in [6, 6.07) is 8.53. The van der Waals surface area contributed by atoms with Crippen molar-refractivity contribution in [1.82, 2.24) is 5.32 Å². The van der Waals surface area contributed by atoms with E-state index in [9.17, 15) is 48.5 Å². The standard InChI is InChI=1S/C41H55N3O14S3/c1-40(20-11-27-59(48,49)50)32-28-30(60(51,52)53)16-18-35(32)44(24-26-58-4)36(40)12-7-5-8-13-37-41(2,21-19-38(45)42-22-25-57-3)33-29-31(61(54,55)56)15-17-34(33)43(37)23-10-6-9-14-39(46)47/h5,7-8,12-13,15-18,28-29H,6,9-11,14,19-27H2,1-4H3,(H4-,42,45,46,47,48,49,50,51,52,53,54,55,56)/p+1. The van der Waals surface area contributed by atoms with Gasteiger partial charge in [-0.2, -0.15) is 29.8 Å². The number of fused-ring (bicyclic) bond motifs is 2. The number of carbonyl (C=O) groups is 2. The highest BCUT2D eigenvalue weighted by atomic mass is 32.2. The van der Waals surface area contributed by atoms with Crippen LogP contribution in [0.1, 0.15) is 76.3 Å². The topological polar surface area (TPSA) is 254 Å². The van der Waals surface area contributed by atoms with Crippen LogP contribution < -0.4 is 10.2 Å². The van der Waals surface area contributed by atoms with E-state index < -0.39 is 52.9 Å². The van der Waals surface area contributed by atoms with E-state index in [1.807, 2.05) is 29.4 Å². The zero-order chi connectivity index (χ0) is 45.2. The van der Waals surface area contributed by atoms with Crippen LogP contribution in [0.25, 0.3) is 0 Å². The van der Waals surface area contributed by atoms with E-state index in [-0.39, 0.29) is 54.4 Å². The molecular weight excluding hydrogens is 855 g/mol. The molecule has 2 heterocycles. The summed E-state index contributed by atoms with van der Waals surface area (Å²) in [6.07, 6.45) is 11.1. The number of ether oxygens (including phenoxy) is 2. The molecule has 0 saturated heterocycles. The maximum Gasteiger partial charge on any atom is 0.303 e. The number of allylic oxidation sites excluding steroid dienone is 6. The van der Waals surface area contributed by atoms with Crippen LogP contribution in [0, 0.1) is 0 Å². The van der Waals surface area contributed by atoms with Gasteiger partial charge in [0, 0.05) is 74.7 Å². The molecule has 0 aromatic heterocycles. The molecule has 0 spiro atoms. The Labute approximate surface area is 358 Å². The van der Waals surface area contributed by atoms with Gasteiger partial charge in [-0.3, -0.25) is 23.2 Å². The Bertz CT molecular complexity index is 2410. The number of anilines is 1. The Morgan fingerprint density at radius 3 is 2.07 bits per heavy atom. The summed E-state index contributed by atoms with van der Waals surface area (Å²) >= 11 is 0. The summed E-state index contributed by atoms with van der Waals surface area (Å²) in [4.78, 5) is 25.5. The van der Waals surface area contributed by atoms with Gasteiger partial charge in [0.05, 0.1) is 27.6 Å². The fourth-order valence-corrected chi connectivity index (χ4v) is 9.53. The monoisotopic (exact) mass is 910 g/mol. The first-order valence-electron chi connectivity index (χ1n) is 19.7. The van der Waals surface area contributed by atoms with Gasteiger partial charge in [0.25, 0.3) is 30.4 Å². The second kappa shape index (κ2) is 20.7. The van der Waals surface area contributed by atoms with Crippen molar-refractivity contribution in [2.24, 2.45) is 0 Å². The number of amides is 1. The number of benzene rings is 2. The molecule has 17 nitrogen and oxygen atoms in total. The maximum absolute atomic E-state index is 13.0. The second-order valence-electron chi connectivity index (χ2n) is 15.4. The van der Waals surface area contributed by atoms with Crippen molar-refractivity contribution in [2.75, 3.05) is 57.7 Å². The fraction of sp³-hybridized carbons (Fsp3) is 0.488. The summed E-state index contributed by atoms with van der Waals surface area (Å²) in [5, 5.41) is 12.0. The minimum absolute atomic E-state index is 0.0102. The Hall–Kier alpha value is -4.28. The van der Waals surface area contributed by atoms with Crippen LogP contribution >= 0.6 is 0 Å². The van der Waals surface area contributed by atoms with Gasteiger partial charge in [-0.15, -0.1) is 0 Å². The Morgan fingerprint density at radius 2 is 1.44 bits per heavy atom. The van der Waals surface area contributed by atoms with Crippen molar-refractivity contribution >= 4 is 59.3 Å². The third kappa shape index (κ3) is 12.7. The lowest BCUT2D eigenvalue weighted by molar-refractivity contribution is -0.441. The first kappa shape index (κ1) is 49.4. The highest BCUT2D eigenvalue weighted by Crippen LogP contribution is 2.51. The molecule has 4 rings (SSSR count). The molecular formula is C41H56N3O14S3+. The van der Waals surface area contributed by atoms with E-state index in [0.717, 1.165) is 5.70 Å². The number of carbonyl (C=O) groups excluding carboxylic acids is 1. The van der Waals surface area contributed by atoms with Gasteiger partial charge in [0.1, 0.15) is 6.61 Å². The molecule has 2 atom stereocenters. The number of hydrogen-bond acceptors (Lipinski definition) is 11. The molecule has 2 aliphatic heterocycles. The van der Waals surface area contributed by atoms with Crippen molar-refractivity contribution in [1.29, 1.82) is 0 Å². The van der Waals surface area contributed by atoms with Crippen molar-refractivity contribution < 1.29 is 67.7 Å². The molecule has 20 heteroatoms. The molecule has 0 radical (unpaired) electrons. The molecule has 0 aliphatic carbocycles. The molecule has 1 amide bonds. The first-order valence-corrected chi connectivity index (χ1v) is 24.2. The average molecular weight is 911 g/mol. The van der Waals surface area contributed by atoms with Crippen LogP contribution in [-0.2, 0) is 60.2 Å². The Balaban J connectivity index is 1.81. The second-order valence-corrected chi connectivity index (χ2v) is 19.8. The van der Waals surface area contributed by atoms with Gasteiger partial charge >= 0.3 is 5.97 Å². The zero-order valence-electron chi connectivity index (χ0n) is 34.7. The van der Waals surface area contributed by atoms with E-state index in [1.54, 1.807) is 36.4 Å². The number of nitrogens with zero attached hydrogens (tertiary/aromatic N) is 2. The molecule has 61 heavy (non-hydrogen) atoms. The number of hydrogen-bond donors (Lipinski definition) is 5. The molecule has 0 bridgehead atoms. The van der Waals surface area contributed by atoms with Crippen LogP contribution in [0.2, 0.25) is 0 Å². The smallest absolute Gasteiger partial charge is 0.303 e. The van der Waals surface area contributed by atoms with Gasteiger partial charge in [-0.25, -0.2) is 0 Å². The normalized spacial score (nSPS) is 20.0. The van der Waals surface area contributed by atoms with Crippen LogP contribution in [0.4, 0.5) is 11.4 Å². The van der Waals surface area contributed by atoms with Gasteiger partial charge in [0.15, 0.2) is 12.3 Å². The van der Waals surface area contributed by atoms with Crippen LogP contribution in [0.15, 0.2) is 82.3 Å². The van der Waals surface area contributed by atoms with E-state index in [1.165, 1.54) is 38.5 Å². The third-order valence-electron chi connectivity index (χ3n) is 11.1. The largest absolute Gasteiger partial charge is 0.481 e. The van der Waals surface area contributed by atoms with Gasteiger partial charge in [0.2, 0.25) is 11.6 Å². The van der Waals surface area contributed by atoms with E-state index in [2.05, 4.69) is 5.32 Å². The van der Waals surface area contributed by atoms with Crippen molar-refractivity contribution in [3.63, 3.8) is 0 Å². The molecule has 0 saturated carbocycles. The van der Waals surface area contributed by atoms with Crippen LogP contribution in [0.3, 0.4) is 0 Å². The summed E-state index contributed by atoms with van der Waals surface area (Å²) in [5.74, 6) is -1.68. The summed E-state index contributed by atoms with van der Waals surface area (Å²) < 4.78 is 114. The van der Waals surface area contributed by atoms with Crippen molar-refractivity contribution in [3.8, 4) is 0 Å². The average Bonchev–Trinajstić information content (AvgIpc) is 3.54. The summed E-state index contributed by atoms with van der Waals surface area (Å²) in [6.45, 7) is 5.36. The number of carboxylic acids is 1. The molecule has 2 aliphatic rings. The fourth-order valence-electron chi connectivity index (χ4n) is 8.01. The Kier molecular flexibility index (Phi) is 16.8. The van der Waals surface area contributed by atoms with E-state index in [0.29, 0.717) is 73.7 Å². The number of rotatable bonds is 24. The number of nitrogens with one attached hydrogen (secondary N) is 1. The minimum Gasteiger partial charge on any atom is -0.481 e. The predicted octanol–water partition coefficient (Wildman–Crippen LogP) is 4.81. The van der Waals surface area contributed by atoms with Crippen molar-refractivity contribution in [2.45, 2.75) is 85.8 Å². The van der Waals surface area contributed by atoms with Crippen LogP contribution in [-0.4, -0.2) is 119 Å². The SMILES string of the molecule is COCCNC(=O)CCC1(C)\C(=C/C=C/C=C/C2=[N+](CCOC)c3ccc(S(=O)(=O)O)cc3C2(C)CCCS(=O)(=O)O)N(CCCCCC(=O)O)c2ccc(S(=O)(=O)O)cc21. The number of methoxy groups -OCH3 is 2. The van der Waals surface area contributed by atoms with Gasteiger partial charge in [-0.1, -0.05) is 24.6 Å². The summed E-state index contributed by atoms with van der Waals surface area (Å²) in [5.41, 5.74) is 1.84. The molecule has 2 aromatic carbocycles. The minimum atomic E-state index is -4.59. The lowest BCUT2D eigenvalue weighted by Crippen LogP contribution is -2.32. The summed E-state index contributed by atoms with van der Waals surface area (Å²) in [7, 11) is -10.5. The number of carboxylic acid groups (broad SMARTS) is 1. The van der Waals surface area contributed by atoms with E-state index in [4.69, 9.17) is 14.6 Å². The Morgan fingerprint density at radius 1 is 0.787 bits per heavy atom.